The van der Waals surface area contributed by atoms with Crippen molar-refractivity contribution in [3.8, 4) is 23.2 Å². The number of likely N-dealkylation sites (tertiary alicyclic amines) is 1. The number of aromatic nitrogens is 3. The van der Waals surface area contributed by atoms with E-state index in [1.807, 2.05) is 43.9 Å². The van der Waals surface area contributed by atoms with Gasteiger partial charge in [-0.25, -0.2) is 9.97 Å². The van der Waals surface area contributed by atoms with Crippen LogP contribution >= 0.6 is 0 Å². The molecule has 3 aliphatic heterocycles. The molecule has 6 rings (SSSR count). The lowest BCUT2D eigenvalue weighted by molar-refractivity contribution is -0.142. The predicted molar refractivity (Wildman–Crippen MR) is 168 cm³/mol. The van der Waals surface area contributed by atoms with Gasteiger partial charge in [-0.15, -0.1) is 0 Å². The van der Waals surface area contributed by atoms with Crippen LogP contribution in [0.3, 0.4) is 0 Å². The average Bonchev–Trinajstić information content (AvgIpc) is 3.01. The van der Waals surface area contributed by atoms with E-state index < -0.39 is 5.41 Å². The van der Waals surface area contributed by atoms with E-state index in [1.165, 1.54) is 12.0 Å². The molecule has 11 heteroatoms. The maximum Gasteiger partial charge on any atom is 0.230 e. The van der Waals surface area contributed by atoms with Gasteiger partial charge in [-0.3, -0.25) is 9.69 Å². The highest BCUT2D eigenvalue weighted by atomic mass is 16.5. The Hall–Kier alpha value is -4.27. The molecule has 3 saturated heterocycles. The zero-order chi connectivity index (χ0) is 30.7. The molecule has 44 heavy (non-hydrogen) atoms. The minimum atomic E-state index is -0.440. The molecule has 230 valence electrons. The molecular weight excluding hydrogens is 556 g/mol. The number of hydrogen-bond donors (Lipinski definition) is 1. The number of carbonyl (C=O) groups is 1. The molecule has 3 fully saturated rings. The predicted octanol–water partition coefficient (Wildman–Crippen LogP) is 4.09. The van der Waals surface area contributed by atoms with Crippen LogP contribution in [-0.2, 0) is 9.53 Å². The van der Waals surface area contributed by atoms with Gasteiger partial charge in [-0.05, 0) is 55.3 Å². The Balaban J connectivity index is 1.08. The fourth-order valence-corrected chi connectivity index (χ4v) is 5.89. The summed E-state index contributed by atoms with van der Waals surface area (Å²) in [4.78, 5) is 32.9. The summed E-state index contributed by atoms with van der Waals surface area (Å²) in [5, 5.41) is 13.2. The standard InChI is InChI=1S/C33H40N8O3/c1-33(2,3)31(42)41-12-4-5-28(19-41)44-29-11-6-23(17-24(29)18-34)30-35-22-36-32(38-30)37-25-7-9-26(10-8-25)39-13-15-40(16-14-39)27-20-43-21-27/h6-11,17,22,27-28H,4-5,12-16,19-21H2,1-3H3,(H,35,36,37,38). The van der Waals surface area contributed by atoms with E-state index in [0.29, 0.717) is 41.2 Å². The Bertz CT molecular complexity index is 1500. The van der Waals surface area contributed by atoms with Crippen LogP contribution in [0.5, 0.6) is 5.75 Å². The van der Waals surface area contributed by atoms with Crippen molar-refractivity contribution in [1.82, 2.24) is 24.8 Å². The summed E-state index contributed by atoms with van der Waals surface area (Å²) in [5.74, 6) is 1.49. The molecule has 1 amide bonds. The van der Waals surface area contributed by atoms with Crippen molar-refractivity contribution in [3.05, 3.63) is 54.4 Å². The molecule has 1 atom stereocenters. The molecular formula is C33H40N8O3. The molecule has 3 aliphatic rings. The zero-order valence-electron chi connectivity index (χ0n) is 25.7. The first-order valence-corrected chi connectivity index (χ1v) is 15.4. The summed E-state index contributed by atoms with van der Waals surface area (Å²) in [5.41, 5.74) is 2.72. The molecule has 0 aliphatic carbocycles. The molecule has 11 nitrogen and oxygen atoms in total. The highest BCUT2D eigenvalue weighted by Gasteiger charge is 2.32. The number of piperidine rings is 1. The number of ether oxygens (including phenoxy) is 2. The minimum Gasteiger partial charge on any atom is -0.487 e. The van der Waals surface area contributed by atoms with Crippen LogP contribution in [0.15, 0.2) is 48.8 Å². The summed E-state index contributed by atoms with van der Waals surface area (Å²) < 4.78 is 11.6. The Labute approximate surface area is 258 Å². The number of nitrogens with zero attached hydrogens (tertiary/aromatic N) is 7. The smallest absolute Gasteiger partial charge is 0.230 e. The molecule has 1 unspecified atom stereocenters. The number of nitriles is 1. The Morgan fingerprint density at radius 3 is 2.50 bits per heavy atom. The number of anilines is 3. The van der Waals surface area contributed by atoms with Crippen LogP contribution in [0.1, 0.15) is 39.2 Å². The number of piperazine rings is 1. The largest absolute Gasteiger partial charge is 0.487 e. The van der Waals surface area contributed by atoms with Gasteiger partial charge < -0.3 is 24.6 Å². The quantitative estimate of drug-likeness (QED) is 0.427. The number of benzene rings is 2. The molecule has 0 radical (unpaired) electrons. The number of carbonyl (C=O) groups excluding carboxylic acids is 1. The van der Waals surface area contributed by atoms with Crippen LogP contribution in [-0.4, -0.2) is 95.3 Å². The first-order valence-electron chi connectivity index (χ1n) is 15.4. The van der Waals surface area contributed by atoms with Crippen molar-refractivity contribution in [2.24, 2.45) is 5.41 Å². The van der Waals surface area contributed by atoms with Crippen molar-refractivity contribution in [2.45, 2.75) is 45.8 Å². The van der Waals surface area contributed by atoms with E-state index in [2.05, 4.69) is 48.3 Å². The lowest BCUT2D eigenvalue weighted by Crippen LogP contribution is -2.56. The van der Waals surface area contributed by atoms with Crippen LogP contribution in [0, 0.1) is 16.7 Å². The van der Waals surface area contributed by atoms with Gasteiger partial charge in [0.2, 0.25) is 11.9 Å². The monoisotopic (exact) mass is 596 g/mol. The third-order valence-corrected chi connectivity index (χ3v) is 8.47. The van der Waals surface area contributed by atoms with E-state index >= 15 is 0 Å². The average molecular weight is 597 g/mol. The van der Waals surface area contributed by atoms with Crippen LogP contribution < -0.4 is 15.0 Å². The first kappa shape index (κ1) is 29.8. The molecule has 4 heterocycles. The molecule has 0 saturated carbocycles. The van der Waals surface area contributed by atoms with E-state index in [-0.39, 0.29) is 12.0 Å². The van der Waals surface area contributed by atoms with Crippen molar-refractivity contribution >= 4 is 23.2 Å². The summed E-state index contributed by atoms with van der Waals surface area (Å²) in [6, 6.07) is 16.5. The minimum absolute atomic E-state index is 0.116. The highest BCUT2D eigenvalue weighted by Crippen LogP contribution is 2.29. The molecule has 0 bridgehead atoms. The molecule has 1 aromatic heterocycles. The lowest BCUT2D eigenvalue weighted by atomic mass is 9.93. The maximum atomic E-state index is 12.8. The zero-order valence-corrected chi connectivity index (χ0v) is 25.7. The number of hydrogen-bond acceptors (Lipinski definition) is 10. The fraction of sp³-hybridized carbons (Fsp3) is 0.485. The summed E-state index contributed by atoms with van der Waals surface area (Å²) in [6.07, 6.45) is 2.99. The normalized spacial score (nSPS) is 19.6. The molecule has 3 aromatic rings. The first-order chi connectivity index (χ1) is 21.3. The van der Waals surface area contributed by atoms with Gasteiger partial charge in [-0.1, -0.05) is 20.8 Å². The van der Waals surface area contributed by atoms with E-state index in [1.54, 1.807) is 12.1 Å². The lowest BCUT2D eigenvalue weighted by Gasteiger charge is -2.43. The number of amides is 1. The number of nitrogens with one attached hydrogen (secondary N) is 1. The second-order valence-electron chi connectivity index (χ2n) is 12.7. The van der Waals surface area contributed by atoms with Crippen molar-refractivity contribution in [2.75, 3.05) is 62.7 Å². The summed E-state index contributed by atoms with van der Waals surface area (Å²) in [7, 11) is 0. The van der Waals surface area contributed by atoms with Gasteiger partial charge in [0, 0.05) is 55.1 Å². The second kappa shape index (κ2) is 12.8. The molecule has 1 N–H and O–H groups in total. The maximum absolute atomic E-state index is 12.8. The second-order valence-corrected chi connectivity index (χ2v) is 12.7. The Morgan fingerprint density at radius 2 is 1.82 bits per heavy atom. The van der Waals surface area contributed by atoms with Gasteiger partial charge >= 0.3 is 0 Å². The van der Waals surface area contributed by atoms with Gasteiger partial charge in [-0.2, -0.15) is 10.2 Å². The van der Waals surface area contributed by atoms with Crippen LogP contribution in [0.25, 0.3) is 11.4 Å². The van der Waals surface area contributed by atoms with Crippen molar-refractivity contribution in [1.29, 1.82) is 5.26 Å². The van der Waals surface area contributed by atoms with E-state index in [4.69, 9.17) is 9.47 Å². The fourth-order valence-electron chi connectivity index (χ4n) is 5.89. The topological polar surface area (TPSA) is 120 Å². The summed E-state index contributed by atoms with van der Waals surface area (Å²) in [6.45, 7) is 12.9. The van der Waals surface area contributed by atoms with Gasteiger partial charge in [0.15, 0.2) is 5.82 Å². The van der Waals surface area contributed by atoms with Gasteiger partial charge in [0.25, 0.3) is 0 Å². The van der Waals surface area contributed by atoms with Crippen molar-refractivity contribution in [3.63, 3.8) is 0 Å². The van der Waals surface area contributed by atoms with Gasteiger partial charge in [0.1, 0.15) is 24.3 Å². The Morgan fingerprint density at radius 1 is 1.05 bits per heavy atom. The van der Waals surface area contributed by atoms with Gasteiger partial charge in [0.05, 0.1) is 31.4 Å². The number of rotatable bonds is 7. The Kier molecular flexibility index (Phi) is 8.64. The third-order valence-electron chi connectivity index (χ3n) is 8.47. The van der Waals surface area contributed by atoms with Crippen molar-refractivity contribution < 1.29 is 14.3 Å². The third kappa shape index (κ3) is 6.77. The van der Waals surface area contributed by atoms with E-state index in [9.17, 15) is 10.1 Å². The molecule has 2 aromatic carbocycles. The van der Waals surface area contributed by atoms with E-state index in [0.717, 1.165) is 64.5 Å². The highest BCUT2D eigenvalue weighted by molar-refractivity contribution is 5.81. The SMILES string of the molecule is CC(C)(C)C(=O)N1CCCC(Oc2ccc(-c3ncnc(Nc4ccc(N5CCN(C6COC6)CC5)cc4)n3)cc2C#N)C1. The summed E-state index contributed by atoms with van der Waals surface area (Å²) >= 11 is 0. The molecule has 0 spiro atoms. The van der Waals surface area contributed by atoms with Crippen LogP contribution in [0.2, 0.25) is 0 Å². The van der Waals surface area contributed by atoms with Crippen LogP contribution in [0.4, 0.5) is 17.3 Å².